The highest BCUT2D eigenvalue weighted by molar-refractivity contribution is 7.98. The first kappa shape index (κ1) is 18.2. The molecule has 1 heterocycles. The van der Waals surface area contributed by atoms with Crippen molar-refractivity contribution < 1.29 is 9.32 Å². The van der Waals surface area contributed by atoms with Crippen molar-refractivity contribution in [2.45, 2.75) is 31.1 Å². The van der Waals surface area contributed by atoms with Crippen LogP contribution >= 0.6 is 11.8 Å². The molecule has 2 aromatic carbocycles. The molecule has 0 atom stereocenters. The van der Waals surface area contributed by atoms with Crippen LogP contribution in [0.2, 0.25) is 0 Å². The Bertz CT molecular complexity index is 911. The van der Waals surface area contributed by atoms with Crippen molar-refractivity contribution in [3.8, 4) is 11.5 Å². The summed E-state index contributed by atoms with van der Waals surface area (Å²) in [7, 11) is 0. The zero-order valence-electron chi connectivity index (χ0n) is 15.2. The van der Waals surface area contributed by atoms with Gasteiger partial charge in [0.1, 0.15) is 0 Å². The number of carbonyl (C=O) groups excluding carboxylic acids is 1. The van der Waals surface area contributed by atoms with Crippen LogP contribution < -0.4 is 5.32 Å². The molecule has 0 bridgehead atoms. The molecule has 0 spiro atoms. The third-order valence-corrected chi connectivity index (χ3v) is 4.59. The lowest BCUT2D eigenvalue weighted by molar-refractivity contribution is 0.102. The lowest BCUT2D eigenvalue weighted by atomic mass is 9.96. The van der Waals surface area contributed by atoms with E-state index >= 15 is 0 Å². The molecule has 26 heavy (non-hydrogen) atoms. The van der Waals surface area contributed by atoms with Gasteiger partial charge >= 0.3 is 0 Å². The molecule has 0 aliphatic carbocycles. The number of hydrogen-bond donors (Lipinski definition) is 1. The Balaban J connectivity index is 1.88. The molecule has 134 valence electrons. The van der Waals surface area contributed by atoms with Crippen LogP contribution in [0.4, 0.5) is 5.69 Å². The fraction of sp³-hybridized carbons (Fsp3) is 0.250. The van der Waals surface area contributed by atoms with Crippen LogP contribution in [0.3, 0.4) is 0 Å². The average Bonchev–Trinajstić information content (AvgIpc) is 3.13. The van der Waals surface area contributed by atoms with E-state index in [1.54, 1.807) is 17.8 Å². The standard InChI is InChI=1S/C20H21N3O2S/c1-20(2,3)19-22-18(25-23-19)16-8-6-5-7-15(16)17(24)21-13-9-11-14(26-4)12-10-13/h5-12H,1-4H3,(H,21,24). The van der Waals surface area contributed by atoms with Gasteiger partial charge in [-0.25, -0.2) is 0 Å². The maximum absolute atomic E-state index is 12.8. The summed E-state index contributed by atoms with van der Waals surface area (Å²) < 4.78 is 5.40. The fourth-order valence-corrected chi connectivity index (χ4v) is 2.79. The van der Waals surface area contributed by atoms with Gasteiger partial charge in [0.25, 0.3) is 11.8 Å². The van der Waals surface area contributed by atoms with Crippen molar-refractivity contribution in [3.63, 3.8) is 0 Å². The summed E-state index contributed by atoms with van der Waals surface area (Å²) in [6, 6.07) is 14.9. The Morgan fingerprint density at radius 3 is 2.38 bits per heavy atom. The third-order valence-electron chi connectivity index (χ3n) is 3.85. The number of nitrogens with one attached hydrogen (secondary N) is 1. The van der Waals surface area contributed by atoms with E-state index in [9.17, 15) is 4.79 Å². The van der Waals surface area contributed by atoms with Crippen molar-refractivity contribution in [1.82, 2.24) is 10.1 Å². The van der Waals surface area contributed by atoms with Crippen molar-refractivity contribution >= 4 is 23.4 Å². The number of aromatic nitrogens is 2. The molecule has 0 radical (unpaired) electrons. The van der Waals surface area contributed by atoms with Gasteiger partial charge < -0.3 is 9.84 Å². The molecule has 6 heteroatoms. The van der Waals surface area contributed by atoms with E-state index in [4.69, 9.17) is 4.52 Å². The van der Waals surface area contributed by atoms with Crippen LogP contribution in [-0.2, 0) is 5.41 Å². The predicted molar refractivity (Wildman–Crippen MR) is 105 cm³/mol. The minimum Gasteiger partial charge on any atom is -0.334 e. The summed E-state index contributed by atoms with van der Waals surface area (Å²) in [6.07, 6.45) is 2.01. The molecule has 1 aromatic heterocycles. The van der Waals surface area contributed by atoms with E-state index in [1.807, 2.05) is 69.5 Å². The lowest BCUT2D eigenvalue weighted by Crippen LogP contribution is -2.14. The Kier molecular flexibility index (Phi) is 5.13. The molecular formula is C20H21N3O2S. The SMILES string of the molecule is CSc1ccc(NC(=O)c2ccccc2-c2nc(C(C)(C)C)no2)cc1. The number of hydrogen-bond acceptors (Lipinski definition) is 5. The summed E-state index contributed by atoms with van der Waals surface area (Å²) in [5, 5.41) is 6.97. The molecule has 1 N–H and O–H groups in total. The highest BCUT2D eigenvalue weighted by Crippen LogP contribution is 2.27. The Labute approximate surface area is 157 Å². The maximum atomic E-state index is 12.8. The zero-order chi connectivity index (χ0) is 18.7. The zero-order valence-corrected chi connectivity index (χ0v) is 16.1. The number of anilines is 1. The summed E-state index contributed by atoms with van der Waals surface area (Å²) in [5.74, 6) is 0.738. The van der Waals surface area contributed by atoms with E-state index in [1.165, 1.54) is 0 Å². The van der Waals surface area contributed by atoms with E-state index in [0.717, 1.165) is 10.6 Å². The average molecular weight is 367 g/mol. The van der Waals surface area contributed by atoms with Crippen LogP contribution in [0.1, 0.15) is 37.0 Å². The molecule has 1 amide bonds. The molecule has 0 fully saturated rings. The number of thioether (sulfide) groups is 1. The molecule has 0 saturated carbocycles. The largest absolute Gasteiger partial charge is 0.334 e. The fourth-order valence-electron chi connectivity index (χ4n) is 2.38. The molecule has 3 aromatic rings. The third kappa shape index (κ3) is 3.96. The summed E-state index contributed by atoms with van der Waals surface area (Å²) in [6.45, 7) is 6.04. The first-order chi connectivity index (χ1) is 12.4. The van der Waals surface area contributed by atoms with Gasteiger partial charge in [-0.05, 0) is 42.7 Å². The molecule has 5 nitrogen and oxygen atoms in total. The van der Waals surface area contributed by atoms with Gasteiger partial charge in [0.05, 0.1) is 11.1 Å². The highest BCUT2D eigenvalue weighted by Gasteiger charge is 2.23. The van der Waals surface area contributed by atoms with Gasteiger partial charge in [-0.3, -0.25) is 4.79 Å². The highest BCUT2D eigenvalue weighted by atomic mass is 32.2. The topological polar surface area (TPSA) is 68.0 Å². The van der Waals surface area contributed by atoms with E-state index in [2.05, 4.69) is 15.5 Å². The molecular weight excluding hydrogens is 346 g/mol. The van der Waals surface area contributed by atoms with Gasteiger partial charge in [0, 0.05) is 16.0 Å². The van der Waals surface area contributed by atoms with E-state index in [0.29, 0.717) is 22.8 Å². The normalized spacial score (nSPS) is 11.4. The minimum absolute atomic E-state index is 0.215. The molecule has 3 rings (SSSR count). The monoisotopic (exact) mass is 367 g/mol. The summed E-state index contributed by atoms with van der Waals surface area (Å²) in [4.78, 5) is 18.4. The van der Waals surface area contributed by atoms with E-state index in [-0.39, 0.29) is 11.3 Å². The van der Waals surface area contributed by atoms with Gasteiger partial charge in [-0.1, -0.05) is 38.1 Å². The van der Waals surface area contributed by atoms with Crippen molar-refractivity contribution in [1.29, 1.82) is 0 Å². The Morgan fingerprint density at radius 1 is 1.08 bits per heavy atom. The smallest absolute Gasteiger partial charge is 0.258 e. The number of amides is 1. The van der Waals surface area contributed by atoms with E-state index < -0.39 is 0 Å². The number of carbonyl (C=O) groups is 1. The van der Waals surface area contributed by atoms with Crippen LogP contribution in [0.15, 0.2) is 57.9 Å². The van der Waals surface area contributed by atoms with Crippen LogP contribution in [0, 0.1) is 0 Å². The van der Waals surface area contributed by atoms with Gasteiger partial charge in [-0.15, -0.1) is 11.8 Å². The van der Waals surface area contributed by atoms with Crippen molar-refractivity contribution in [2.75, 3.05) is 11.6 Å². The second-order valence-electron chi connectivity index (χ2n) is 6.90. The number of benzene rings is 2. The first-order valence-corrected chi connectivity index (χ1v) is 9.50. The number of rotatable bonds is 4. The van der Waals surface area contributed by atoms with Gasteiger partial charge in [0.2, 0.25) is 0 Å². The minimum atomic E-state index is -0.224. The summed E-state index contributed by atoms with van der Waals surface area (Å²) in [5.41, 5.74) is 1.63. The quantitative estimate of drug-likeness (QED) is 0.657. The maximum Gasteiger partial charge on any atom is 0.258 e. The predicted octanol–water partition coefficient (Wildman–Crippen LogP) is 5.01. The van der Waals surface area contributed by atoms with Crippen LogP contribution in [0.25, 0.3) is 11.5 Å². The molecule has 0 aliphatic heterocycles. The first-order valence-electron chi connectivity index (χ1n) is 8.27. The molecule has 0 unspecified atom stereocenters. The Morgan fingerprint density at radius 2 is 1.77 bits per heavy atom. The summed E-state index contributed by atoms with van der Waals surface area (Å²) >= 11 is 1.66. The second kappa shape index (κ2) is 7.33. The molecule has 0 aliphatic rings. The Hall–Kier alpha value is -2.60. The van der Waals surface area contributed by atoms with Crippen LogP contribution in [-0.4, -0.2) is 22.3 Å². The van der Waals surface area contributed by atoms with Crippen molar-refractivity contribution in [3.05, 3.63) is 59.9 Å². The second-order valence-corrected chi connectivity index (χ2v) is 7.78. The van der Waals surface area contributed by atoms with Gasteiger partial charge in [0.15, 0.2) is 5.82 Å². The lowest BCUT2D eigenvalue weighted by Gasteiger charge is -2.11. The van der Waals surface area contributed by atoms with Crippen LogP contribution in [0.5, 0.6) is 0 Å². The number of nitrogens with zero attached hydrogens (tertiary/aromatic N) is 2. The molecule has 0 saturated heterocycles. The van der Waals surface area contributed by atoms with Gasteiger partial charge in [-0.2, -0.15) is 4.98 Å². The van der Waals surface area contributed by atoms with Crippen molar-refractivity contribution in [2.24, 2.45) is 0 Å².